The van der Waals surface area contributed by atoms with E-state index in [0.29, 0.717) is 23.6 Å². The molecule has 1 rings (SSSR count). The second-order valence-corrected chi connectivity index (χ2v) is 5.85. The highest BCUT2D eigenvalue weighted by Gasteiger charge is 2.20. The molecular formula is C14H19BrN2OS. The van der Waals surface area contributed by atoms with Crippen molar-refractivity contribution >= 4 is 39.0 Å². The maximum atomic E-state index is 12.5. The van der Waals surface area contributed by atoms with Crippen LogP contribution in [0.2, 0.25) is 0 Å². The molecule has 0 aliphatic carbocycles. The van der Waals surface area contributed by atoms with Crippen LogP contribution >= 0.6 is 28.1 Å². The number of benzene rings is 1. The first kappa shape index (κ1) is 16.1. The zero-order chi connectivity index (χ0) is 14.6. The smallest absolute Gasteiger partial charge is 0.255 e. The van der Waals surface area contributed by atoms with Crippen LogP contribution < -0.4 is 5.73 Å². The molecule has 0 aromatic heterocycles. The summed E-state index contributed by atoms with van der Waals surface area (Å²) in [4.78, 5) is 14.7. The molecule has 1 amide bonds. The largest absolute Gasteiger partial charge is 0.393 e. The fraction of sp³-hybridized carbons (Fsp3) is 0.429. The Labute approximate surface area is 128 Å². The zero-order valence-electron chi connectivity index (χ0n) is 11.4. The molecule has 0 saturated carbocycles. The van der Waals surface area contributed by atoms with Crippen LogP contribution in [0.3, 0.4) is 0 Å². The molecule has 1 aromatic carbocycles. The summed E-state index contributed by atoms with van der Waals surface area (Å²) in [6.07, 6.45) is 0. The number of carbonyl (C=O) groups excluding carboxylic acids is 1. The average molecular weight is 343 g/mol. The summed E-state index contributed by atoms with van der Waals surface area (Å²) in [5, 5.41) is 0. The zero-order valence-corrected chi connectivity index (χ0v) is 13.8. The number of halogens is 1. The monoisotopic (exact) mass is 342 g/mol. The fourth-order valence-corrected chi connectivity index (χ4v) is 2.27. The summed E-state index contributed by atoms with van der Waals surface area (Å²) < 4.78 is 0.849. The molecule has 0 fully saturated rings. The third-order valence-corrected chi connectivity index (χ3v) is 4.53. The summed E-state index contributed by atoms with van der Waals surface area (Å²) >= 11 is 8.44. The highest BCUT2D eigenvalue weighted by molar-refractivity contribution is 9.10. The molecule has 1 aromatic rings. The van der Waals surface area contributed by atoms with Gasteiger partial charge in [-0.2, -0.15) is 0 Å². The number of nitrogens with two attached hydrogens (primary N) is 1. The van der Waals surface area contributed by atoms with Crippen molar-refractivity contribution in [3.05, 3.63) is 33.8 Å². The lowest BCUT2D eigenvalue weighted by Gasteiger charge is -2.25. The molecule has 0 heterocycles. The molecule has 0 bridgehead atoms. The predicted molar refractivity (Wildman–Crippen MR) is 86.4 cm³/mol. The van der Waals surface area contributed by atoms with Crippen LogP contribution in [0.4, 0.5) is 0 Å². The van der Waals surface area contributed by atoms with Gasteiger partial charge >= 0.3 is 0 Å². The summed E-state index contributed by atoms with van der Waals surface area (Å²) in [5.74, 6) is 0.0173. The molecule has 3 nitrogen and oxygen atoms in total. The minimum absolute atomic E-state index is 0.00109. The molecule has 2 N–H and O–H groups in total. The predicted octanol–water partition coefficient (Wildman–Crippen LogP) is 3.14. The molecule has 0 spiro atoms. The van der Waals surface area contributed by atoms with Gasteiger partial charge in [-0.1, -0.05) is 31.3 Å². The van der Waals surface area contributed by atoms with Gasteiger partial charge in [0.25, 0.3) is 5.91 Å². The van der Waals surface area contributed by atoms with Crippen molar-refractivity contribution in [2.75, 3.05) is 13.1 Å². The van der Waals surface area contributed by atoms with E-state index in [9.17, 15) is 4.79 Å². The third-order valence-electron chi connectivity index (χ3n) is 3.07. The molecule has 0 aliphatic rings. The Morgan fingerprint density at radius 3 is 2.68 bits per heavy atom. The van der Waals surface area contributed by atoms with E-state index in [1.807, 2.05) is 39.0 Å². The minimum Gasteiger partial charge on any atom is -0.393 e. The van der Waals surface area contributed by atoms with Crippen LogP contribution in [0, 0.1) is 12.8 Å². The van der Waals surface area contributed by atoms with Crippen molar-refractivity contribution in [3.8, 4) is 0 Å². The number of rotatable bonds is 5. The summed E-state index contributed by atoms with van der Waals surface area (Å²) in [7, 11) is 0. The van der Waals surface area contributed by atoms with Crippen LogP contribution in [0.15, 0.2) is 22.7 Å². The second kappa shape index (κ2) is 7.01. The molecule has 5 heteroatoms. The number of nitrogens with zero attached hydrogens (tertiary/aromatic N) is 1. The number of amides is 1. The first-order chi connectivity index (χ1) is 8.88. The van der Waals surface area contributed by atoms with E-state index in [1.165, 1.54) is 0 Å². The van der Waals surface area contributed by atoms with Gasteiger partial charge in [0.1, 0.15) is 0 Å². The van der Waals surface area contributed by atoms with Crippen molar-refractivity contribution in [3.63, 3.8) is 0 Å². The van der Waals surface area contributed by atoms with Crippen LogP contribution in [-0.4, -0.2) is 28.9 Å². The highest BCUT2D eigenvalue weighted by atomic mass is 79.9. The fourth-order valence-electron chi connectivity index (χ4n) is 1.76. The van der Waals surface area contributed by atoms with Crippen LogP contribution in [0.1, 0.15) is 29.8 Å². The van der Waals surface area contributed by atoms with Crippen LogP contribution in [-0.2, 0) is 0 Å². The molecule has 0 radical (unpaired) electrons. The molecular weight excluding hydrogens is 324 g/mol. The van der Waals surface area contributed by atoms with E-state index >= 15 is 0 Å². The van der Waals surface area contributed by atoms with Gasteiger partial charge in [-0.3, -0.25) is 4.79 Å². The van der Waals surface area contributed by atoms with Gasteiger partial charge in [0, 0.05) is 23.5 Å². The van der Waals surface area contributed by atoms with Gasteiger partial charge in [-0.25, -0.2) is 0 Å². The Morgan fingerprint density at radius 2 is 2.16 bits per heavy atom. The molecule has 104 valence electrons. The van der Waals surface area contributed by atoms with Gasteiger partial charge < -0.3 is 10.6 Å². The van der Waals surface area contributed by atoms with E-state index < -0.39 is 0 Å². The van der Waals surface area contributed by atoms with Gasteiger partial charge in [-0.05, 0) is 41.4 Å². The van der Waals surface area contributed by atoms with E-state index in [1.54, 1.807) is 4.90 Å². The molecule has 1 unspecified atom stereocenters. The van der Waals surface area contributed by atoms with Crippen molar-refractivity contribution in [1.29, 1.82) is 0 Å². The number of carbonyl (C=O) groups is 1. The number of hydrogen-bond acceptors (Lipinski definition) is 2. The van der Waals surface area contributed by atoms with E-state index in [0.717, 1.165) is 10.0 Å². The van der Waals surface area contributed by atoms with Gasteiger partial charge in [-0.15, -0.1) is 0 Å². The van der Waals surface area contributed by atoms with Gasteiger partial charge in [0.15, 0.2) is 0 Å². The van der Waals surface area contributed by atoms with Crippen molar-refractivity contribution in [1.82, 2.24) is 4.90 Å². The highest BCUT2D eigenvalue weighted by Crippen LogP contribution is 2.22. The Morgan fingerprint density at radius 1 is 1.53 bits per heavy atom. The van der Waals surface area contributed by atoms with Crippen LogP contribution in [0.25, 0.3) is 0 Å². The topological polar surface area (TPSA) is 46.3 Å². The molecule has 0 saturated heterocycles. The lowest BCUT2D eigenvalue weighted by molar-refractivity contribution is 0.0754. The number of thiocarbonyl (C=S) groups is 1. The Hall–Kier alpha value is -0.940. The summed E-state index contributed by atoms with van der Waals surface area (Å²) in [5.41, 5.74) is 7.34. The van der Waals surface area contributed by atoms with E-state index in [-0.39, 0.29) is 11.8 Å². The summed E-state index contributed by atoms with van der Waals surface area (Å²) in [6.45, 7) is 7.03. The lowest BCUT2D eigenvalue weighted by Crippen LogP contribution is -2.38. The van der Waals surface area contributed by atoms with E-state index in [4.69, 9.17) is 18.0 Å². The van der Waals surface area contributed by atoms with Gasteiger partial charge in [0.05, 0.1) is 10.6 Å². The summed E-state index contributed by atoms with van der Waals surface area (Å²) in [6, 6.07) is 5.68. The molecule has 1 atom stereocenters. The Bertz CT molecular complexity index is 490. The standard InChI is InChI=1S/C14H19BrN2OS/c1-4-17(8-10(3)13(16)19)14(18)11-7-5-6-9(2)12(11)15/h5-7,10H,4,8H2,1-3H3,(H2,16,19). The first-order valence-corrected chi connectivity index (χ1v) is 7.42. The van der Waals surface area contributed by atoms with Gasteiger partial charge in [0.2, 0.25) is 0 Å². The lowest BCUT2D eigenvalue weighted by atomic mass is 10.1. The normalized spacial score (nSPS) is 12.0. The molecule has 19 heavy (non-hydrogen) atoms. The number of hydrogen-bond donors (Lipinski definition) is 1. The number of aryl methyl sites for hydroxylation is 1. The van der Waals surface area contributed by atoms with Crippen molar-refractivity contribution in [2.24, 2.45) is 11.7 Å². The van der Waals surface area contributed by atoms with Crippen molar-refractivity contribution < 1.29 is 4.79 Å². The minimum atomic E-state index is 0.00109. The maximum absolute atomic E-state index is 12.5. The van der Waals surface area contributed by atoms with Crippen molar-refractivity contribution in [2.45, 2.75) is 20.8 Å². The molecule has 0 aliphatic heterocycles. The quantitative estimate of drug-likeness (QED) is 0.836. The maximum Gasteiger partial charge on any atom is 0.255 e. The SMILES string of the molecule is CCN(CC(C)C(N)=S)C(=O)c1cccc(C)c1Br. The first-order valence-electron chi connectivity index (χ1n) is 6.22. The second-order valence-electron chi connectivity index (χ2n) is 4.58. The Kier molecular flexibility index (Phi) is 5.94. The Balaban J connectivity index is 2.96. The third kappa shape index (κ3) is 4.01. The average Bonchev–Trinajstić information content (AvgIpc) is 2.38. The van der Waals surface area contributed by atoms with E-state index in [2.05, 4.69) is 15.9 Å². The van der Waals surface area contributed by atoms with Crippen LogP contribution in [0.5, 0.6) is 0 Å².